The van der Waals surface area contributed by atoms with E-state index in [-0.39, 0.29) is 11.8 Å². The van der Waals surface area contributed by atoms with E-state index in [4.69, 9.17) is 27.3 Å². The molecule has 4 N–H and O–H groups in total. The number of amidine groups is 1. The van der Waals surface area contributed by atoms with Gasteiger partial charge in [-0.15, -0.1) is 0 Å². The number of amides is 1. The van der Waals surface area contributed by atoms with Gasteiger partial charge in [-0.2, -0.15) is 0 Å². The maximum Gasteiger partial charge on any atom is 0.235 e. The molecule has 1 aromatic rings. The molecule has 7 heteroatoms. The van der Waals surface area contributed by atoms with Crippen molar-refractivity contribution in [2.24, 2.45) is 22.7 Å². The topological polar surface area (TPSA) is 96.9 Å². The normalized spacial score (nSPS) is 13.2. The number of hydrogen-bond acceptors (Lipinski definition) is 4. The number of ether oxygens (including phenoxy) is 1. The van der Waals surface area contributed by atoms with Crippen LogP contribution in [0.3, 0.4) is 0 Å². The van der Waals surface area contributed by atoms with E-state index in [1.54, 1.807) is 32.0 Å². The van der Waals surface area contributed by atoms with Crippen LogP contribution in [-0.4, -0.2) is 24.1 Å². The lowest BCUT2D eigenvalue weighted by molar-refractivity contribution is -0.119. The highest BCUT2D eigenvalue weighted by Gasteiger charge is 2.27. The third kappa shape index (κ3) is 3.77. The Hall–Kier alpha value is -1.95. The molecule has 0 aliphatic rings. The molecule has 1 aromatic carbocycles. The predicted octanol–water partition coefficient (Wildman–Crippen LogP) is 2.31. The zero-order valence-corrected chi connectivity index (χ0v) is 12.3. The van der Waals surface area contributed by atoms with Crippen LogP contribution in [-0.2, 0) is 4.79 Å². The van der Waals surface area contributed by atoms with Crippen molar-refractivity contribution in [1.82, 2.24) is 0 Å². The Morgan fingerprint density at radius 3 is 2.65 bits per heavy atom. The summed E-state index contributed by atoms with van der Waals surface area (Å²) in [5.41, 5.74) is 5.96. The van der Waals surface area contributed by atoms with Gasteiger partial charge in [0, 0.05) is 6.07 Å². The molecule has 0 spiro atoms. The Kier molecular flexibility index (Phi) is 5.64. The van der Waals surface area contributed by atoms with Crippen LogP contribution in [0.2, 0.25) is 5.02 Å². The zero-order valence-electron chi connectivity index (χ0n) is 11.6. The van der Waals surface area contributed by atoms with Crippen molar-refractivity contribution in [1.29, 1.82) is 0 Å². The first-order valence-corrected chi connectivity index (χ1v) is 6.40. The molecule has 0 saturated carbocycles. The van der Waals surface area contributed by atoms with Gasteiger partial charge in [0.1, 0.15) is 11.7 Å². The highest BCUT2D eigenvalue weighted by atomic mass is 35.5. The number of carbonyl (C=O) groups is 1. The van der Waals surface area contributed by atoms with Gasteiger partial charge in [-0.25, -0.2) is 0 Å². The SMILES string of the molecule is COc1ccc(Cl)c(NC(=O)C(C(N)=NO)C(C)C)c1. The predicted molar refractivity (Wildman–Crippen MR) is 78.4 cm³/mol. The van der Waals surface area contributed by atoms with Gasteiger partial charge in [0.2, 0.25) is 5.91 Å². The smallest absolute Gasteiger partial charge is 0.235 e. The van der Waals surface area contributed by atoms with Crippen LogP contribution < -0.4 is 15.8 Å². The van der Waals surface area contributed by atoms with Gasteiger partial charge < -0.3 is 21.0 Å². The molecule has 0 radical (unpaired) electrons. The first kappa shape index (κ1) is 16.1. The lowest BCUT2D eigenvalue weighted by atomic mass is 9.94. The van der Waals surface area contributed by atoms with Crippen molar-refractivity contribution in [3.63, 3.8) is 0 Å². The van der Waals surface area contributed by atoms with E-state index >= 15 is 0 Å². The molecule has 0 aliphatic carbocycles. The van der Waals surface area contributed by atoms with Crippen LogP contribution in [0.5, 0.6) is 5.75 Å². The van der Waals surface area contributed by atoms with Crippen LogP contribution in [0.25, 0.3) is 0 Å². The molecule has 110 valence electrons. The molecule has 1 atom stereocenters. The molecule has 6 nitrogen and oxygen atoms in total. The monoisotopic (exact) mass is 299 g/mol. The largest absolute Gasteiger partial charge is 0.497 e. The van der Waals surface area contributed by atoms with E-state index in [0.717, 1.165) is 0 Å². The van der Waals surface area contributed by atoms with Gasteiger partial charge in [-0.1, -0.05) is 30.6 Å². The molecule has 1 unspecified atom stereocenters. The second kappa shape index (κ2) is 7.00. The Labute approximate surface area is 122 Å². The minimum absolute atomic E-state index is 0.129. The van der Waals surface area contributed by atoms with Crippen LogP contribution in [0.1, 0.15) is 13.8 Å². The average molecular weight is 300 g/mol. The molecule has 0 aromatic heterocycles. The minimum Gasteiger partial charge on any atom is -0.497 e. The van der Waals surface area contributed by atoms with E-state index in [1.807, 2.05) is 0 Å². The number of nitrogens with one attached hydrogen (secondary N) is 1. The summed E-state index contributed by atoms with van der Waals surface area (Å²) in [4.78, 5) is 12.2. The van der Waals surface area contributed by atoms with Crippen molar-refractivity contribution in [3.05, 3.63) is 23.2 Å². The fourth-order valence-corrected chi connectivity index (χ4v) is 1.94. The fraction of sp³-hybridized carbons (Fsp3) is 0.385. The summed E-state index contributed by atoms with van der Waals surface area (Å²) in [5.74, 6) is -0.853. The van der Waals surface area contributed by atoms with E-state index in [2.05, 4.69) is 10.5 Å². The fourth-order valence-electron chi connectivity index (χ4n) is 1.78. The van der Waals surface area contributed by atoms with Crippen LogP contribution in [0, 0.1) is 11.8 Å². The number of methoxy groups -OCH3 is 1. The third-order valence-corrected chi connectivity index (χ3v) is 3.14. The van der Waals surface area contributed by atoms with Gasteiger partial charge in [0.15, 0.2) is 5.84 Å². The first-order valence-electron chi connectivity index (χ1n) is 6.02. The molecule has 0 bridgehead atoms. The molecular formula is C13H18ClN3O3. The number of oxime groups is 1. The summed E-state index contributed by atoms with van der Waals surface area (Å²) in [7, 11) is 1.52. The van der Waals surface area contributed by atoms with E-state index in [9.17, 15) is 4.79 Å². The Balaban J connectivity index is 2.99. The molecule has 1 rings (SSSR count). The number of nitrogens with zero attached hydrogens (tertiary/aromatic N) is 1. The maximum absolute atomic E-state index is 12.2. The second-order valence-corrected chi connectivity index (χ2v) is 4.99. The number of rotatable bonds is 5. The Morgan fingerprint density at radius 1 is 1.50 bits per heavy atom. The van der Waals surface area contributed by atoms with Crippen molar-refractivity contribution in [2.75, 3.05) is 12.4 Å². The second-order valence-electron chi connectivity index (χ2n) is 4.58. The van der Waals surface area contributed by atoms with Crippen LogP contribution in [0.15, 0.2) is 23.4 Å². The molecule has 0 heterocycles. The van der Waals surface area contributed by atoms with Crippen molar-refractivity contribution in [3.8, 4) is 5.75 Å². The summed E-state index contributed by atoms with van der Waals surface area (Å²) in [6.07, 6.45) is 0. The van der Waals surface area contributed by atoms with Gasteiger partial charge in [0.25, 0.3) is 0 Å². The molecule has 1 amide bonds. The first-order chi connectivity index (χ1) is 9.40. The number of hydrogen-bond donors (Lipinski definition) is 3. The van der Waals surface area contributed by atoms with Crippen molar-refractivity contribution < 1.29 is 14.7 Å². The summed E-state index contributed by atoms with van der Waals surface area (Å²) in [6.45, 7) is 3.60. The summed E-state index contributed by atoms with van der Waals surface area (Å²) in [5, 5.41) is 14.7. The van der Waals surface area contributed by atoms with Gasteiger partial charge in [-0.3, -0.25) is 4.79 Å². The zero-order chi connectivity index (χ0) is 15.3. The lowest BCUT2D eigenvalue weighted by Gasteiger charge is -2.19. The number of carbonyl (C=O) groups excluding carboxylic acids is 1. The Morgan fingerprint density at radius 2 is 2.15 bits per heavy atom. The lowest BCUT2D eigenvalue weighted by Crippen LogP contribution is -2.38. The van der Waals surface area contributed by atoms with Gasteiger partial charge in [0.05, 0.1) is 17.8 Å². The third-order valence-electron chi connectivity index (χ3n) is 2.81. The summed E-state index contributed by atoms with van der Waals surface area (Å²) >= 11 is 6.01. The highest BCUT2D eigenvalue weighted by molar-refractivity contribution is 6.33. The summed E-state index contributed by atoms with van der Waals surface area (Å²) in [6, 6.07) is 4.90. The number of halogens is 1. The molecule has 0 fully saturated rings. The van der Waals surface area contributed by atoms with E-state index in [0.29, 0.717) is 16.5 Å². The maximum atomic E-state index is 12.2. The van der Waals surface area contributed by atoms with Crippen molar-refractivity contribution in [2.45, 2.75) is 13.8 Å². The molecule has 0 saturated heterocycles. The number of benzene rings is 1. The van der Waals surface area contributed by atoms with Crippen molar-refractivity contribution >= 4 is 29.0 Å². The molecule has 20 heavy (non-hydrogen) atoms. The van der Waals surface area contributed by atoms with E-state index in [1.165, 1.54) is 7.11 Å². The van der Waals surface area contributed by atoms with Gasteiger partial charge in [-0.05, 0) is 18.1 Å². The Bertz CT molecular complexity index is 518. The molecular weight excluding hydrogens is 282 g/mol. The minimum atomic E-state index is -0.748. The number of anilines is 1. The van der Waals surface area contributed by atoms with Crippen LogP contribution >= 0.6 is 11.6 Å². The number of nitrogens with two attached hydrogens (primary N) is 1. The quantitative estimate of drug-likeness (QED) is 0.336. The summed E-state index contributed by atoms with van der Waals surface area (Å²) < 4.78 is 5.07. The highest BCUT2D eigenvalue weighted by Crippen LogP contribution is 2.27. The van der Waals surface area contributed by atoms with Gasteiger partial charge >= 0.3 is 0 Å². The standard InChI is InChI=1S/C13H18ClN3O3/c1-7(2)11(12(15)17-19)13(18)16-10-6-8(20-3)4-5-9(10)14/h4-7,11,19H,1-3H3,(H2,15,17)(H,16,18). The molecule has 0 aliphatic heterocycles. The van der Waals surface area contributed by atoms with Crippen LogP contribution in [0.4, 0.5) is 5.69 Å². The van der Waals surface area contributed by atoms with E-state index < -0.39 is 11.8 Å². The average Bonchev–Trinajstić information content (AvgIpc) is 2.40.